The highest BCUT2D eigenvalue weighted by atomic mass is 79.9. The number of hydrogen-bond donors (Lipinski definition) is 1. The summed E-state index contributed by atoms with van der Waals surface area (Å²) in [6.07, 6.45) is 1.52. The van der Waals surface area contributed by atoms with Crippen molar-refractivity contribution in [1.82, 2.24) is 14.8 Å². The van der Waals surface area contributed by atoms with Crippen molar-refractivity contribution in [2.24, 2.45) is 0 Å². The molecule has 6 nitrogen and oxygen atoms in total. The fourth-order valence-corrected chi connectivity index (χ4v) is 4.46. The van der Waals surface area contributed by atoms with E-state index in [1.165, 1.54) is 23.9 Å². The molecule has 0 spiro atoms. The Bertz CT molecular complexity index is 1190. The van der Waals surface area contributed by atoms with Crippen molar-refractivity contribution in [3.8, 4) is 0 Å². The second-order valence-electron chi connectivity index (χ2n) is 7.05. The number of fused-ring (bicyclic) bond motifs is 1. The third-order valence-corrected chi connectivity index (χ3v) is 6.30. The maximum Gasteiger partial charge on any atom is 0.338 e. The van der Waals surface area contributed by atoms with Crippen molar-refractivity contribution in [1.29, 1.82) is 0 Å². The molecule has 1 aliphatic heterocycles. The molecule has 0 amide bonds. The number of ether oxygens (including phenoxy) is 1. The molecule has 1 atom stereocenters. The normalized spacial score (nSPS) is 15.2. The number of allylic oxidation sites excluding steroid dienone is 1. The van der Waals surface area contributed by atoms with Crippen molar-refractivity contribution in [3.63, 3.8) is 0 Å². The Hall–Kier alpha value is -2.91. The molecule has 0 aliphatic carbocycles. The molecule has 32 heavy (non-hydrogen) atoms. The molecule has 1 aliphatic rings. The number of nitrogens with one attached hydrogen (secondary N) is 1. The summed E-state index contributed by atoms with van der Waals surface area (Å²) in [4.78, 5) is 17.5. The van der Waals surface area contributed by atoms with Crippen LogP contribution in [0.5, 0.6) is 0 Å². The van der Waals surface area contributed by atoms with Gasteiger partial charge in [-0.25, -0.2) is 13.9 Å². The van der Waals surface area contributed by atoms with Gasteiger partial charge in [0.15, 0.2) is 0 Å². The van der Waals surface area contributed by atoms with Gasteiger partial charge < -0.3 is 10.1 Å². The van der Waals surface area contributed by atoms with Crippen molar-refractivity contribution in [2.75, 3.05) is 11.9 Å². The molecule has 0 bridgehead atoms. The second-order valence-corrected chi connectivity index (χ2v) is 8.91. The Morgan fingerprint density at radius 1 is 1.31 bits per heavy atom. The number of esters is 1. The summed E-state index contributed by atoms with van der Waals surface area (Å²) in [6, 6.07) is 13.8. The fraction of sp³-hybridized carbons (Fsp3) is 0.174. The lowest BCUT2D eigenvalue weighted by Gasteiger charge is -2.28. The van der Waals surface area contributed by atoms with Gasteiger partial charge in [0.05, 0.1) is 5.57 Å². The molecule has 1 unspecified atom stereocenters. The molecule has 0 radical (unpaired) electrons. The maximum absolute atomic E-state index is 14.0. The molecule has 0 saturated carbocycles. The van der Waals surface area contributed by atoms with Gasteiger partial charge in [0.1, 0.15) is 18.5 Å². The van der Waals surface area contributed by atoms with Crippen LogP contribution in [0.25, 0.3) is 0 Å². The van der Waals surface area contributed by atoms with Gasteiger partial charge in [-0.2, -0.15) is 4.98 Å². The van der Waals surface area contributed by atoms with Gasteiger partial charge in [0.2, 0.25) is 11.1 Å². The quantitative estimate of drug-likeness (QED) is 0.255. The molecule has 9 heteroatoms. The van der Waals surface area contributed by atoms with Gasteiger partial charge in [0, 0.05) is 15.9 Å². The van der Waals surface area contributed by atoms with Crippen LogP contribution >= 0.6 is 27.7 Å². The predicted octanol–water partition coefficient (Wildman–Crippen LogP) is 5.49. The molecule has 4 rings (SSSR count). The zero-order valence-corrected chi connectivity index (χ0v) is 19.6. The Labute approximate surface area is 197 Å². The first-order valence-corrected chi connectivity index (χ1v) is 11.6. The number of thioether (sulfide) groups is 1. The van der Waals surface area contributed by atoms with Gasteiger partial charge >= 0.3 is 5.97 Å². The number of nitrogens with zero attached hydrogens (tertiary/aromatic N) is 3. The van der Waals surface area contributed by atoms with E-state index in [1.807, 2.05) is 24.3 Å². The molecular formula is C23H20BrFN4O2S. The monoisotopic (exact) mass is 514 g/mol. The van der Waals surface area contributed by atoms with Crippen molar-refractivity contribution >= 4 is 39.6 Å². The summed E-state index contributed by atoms with van der Waals surface area (Å²) in [5.74, 6) is 0.176. The molecule has 2 aromatic carbocycles. The van der Waals surface area contributed by atoms with Crippen LogP contribution in [0.15, 0.2) is 82.1 Å². The summed E-state index contributed by atoms with van der Waals surface area (Å²) < 4.78 is 21.9. The summed E-state index contributed by atoms with van der Waals surface area (Å²) >= 11 is 4.78. The number of rotatable bonds is 7. The smallest absolute Gasteiger partial charge is 0.338 e. The number of benzene rings is 2. The number of carbonyl (C=O) groups is 1. The van der Waals surface area contributed by atoms with E-state index < -0.39 is 12.0 Å². The van der Waals surface area contributed by atoms with E-state index in [2.05, 4.69) is 37.9 Å². The van der Waals surface area contributed by atoms with Gasteiger partial charge in [-0.1, -0.05) is 70.7 Å². The average molecular weight is 515 g/mol. The van der Waals surface area contributed by atoms with Gasteiger partial charge in [-0.15, -0.1) is 5.10 Å². The lowest BCUT2D eigenvalue weighted by Crippen LogP contribution is -2.29. The Kier molecular flexibility index (Phi) is 6.76. The van der Waals surface area contributed by atoms with Crippen LogP contribution in [0.4, 0.5) is 10.3 Å². The highest BCUT2D eigenvalue weighted by molar-refractivity contribution is 9.10. The molecule has 2 heterocycles. The standard InChI is InChI=1S/C23H20BrFN4O2S/c1-3-12-31-21(30)19-14(2)26-22-27-23(32-13-16-6-4-5-7-18(16)25)28-29(22)20(19)15-8-10-17(24)11-9-15/h3-11,20H,1,12-13H2,2H3,(H,26,27,28). The first kappa shape index (κ1) is 22.3. The SMILES string of the molecule is C=CCOC(=O)C1=C(C)Nc2nc(SCc3ccccc3F)nn2C1c1ccc(Br)cc1. The maximum atomic E-state index is 14.0. The van der Waals surface area contributed by atoms with Crippen molar-refractivity contribution in [3.05, 3.63) is 93.9 Å². The number of hydrogen-bond acceptors (Lipinski definition) is 6. The van der Waals surface area contributed by atoms with Crippen LogP contribution in [0.1, 0.15) is 24.1 Å². The number of halogens is 2. The van der Waals surface area contributed by atoms with E-state index in [1.54, 1.807) is 29.8 Å². The Morgan fingerprint density at radius 2 is 2.06 bits per heavy atom. The fourth-order valence-electron chi connectivity index (χ4n) is 3.38. The van der Waals surface area contributed by atoms with Gasteiger partial charge in [-0.05, 0) is 36.2 Å². The summed E-state index contributed by atoms with van der Waals surface area (Å²) in [7, 11) is 0. The Morgan fingerprint density at radius 3 is 2.78 bits per heavy atom. The minimum absolute atomic E-state index is 0.108. The number of carbonyl (C=O) groups excluding carboxylic acids is 1. The first-order valence-electron chi connectivity index (χ1n) is 9.82. The lowest BCUT2D eigenvalue weighted by atomic mass is 9.96. The third kappa shape index (κ3) is 4.63. The van der Waals surface area contributed by atoms with E-state index in [0.717, 1.165) is 10.0 Å². The second kappa shape index (κ2) is 9.70. The van der Waals surface area contributed by atoms with Crippen LogP contribution in [-0.4, -0.2) is 27.3 Å². The predicted molar refractivity (Wildman–Crippen MR) is 126 cm³/mol. The zero-order valence-electron chi connectivity index (χ0n) is 17.2. The number of anilines is 1. The van der Waals surface area contributed by atoms with E-state index in [9.17, 15) is 9.18 Å². The largest absolute Gasteiger partial charge is 0.458 e. The average Bonchev–Trinajstić information content (AvgIpc) is 3.19. The molecule has 1 aromatic heterocycles. The Balaban J connectivity index is 1.69. The van der Waals surface area contributed by atoms with Gasteiger partial charge in [-0.3, -0.25) is 0 Å². The van der Waals surface area contributed by atoms with Crippen LogP contribution in [0.3, 0.4) is 0 Å². The molecule has 164 valence electrons. The van der Waals surface area contributed by atoms with Crippen molar-refractivity contribution in [2.45, 2.75) is 23.9 Å². The van der Waals surface area contributed by atoms with Gasteiger partial charge in [0.25, 0.3) is 0 Å². The van der Waals surface area contributed by atoms with Crippen LogP contribution in [-0.2, 0) is 15.3 Å². The molecule has 3 aromatic rings. The van der Waals surface area contributed by atoms with Crippen LogP contribution in [0, 0.1) is 5.82 Å². The zero-order chi connectivity index (χ0) is 22.7. The molecule has 0 fully saturated rings. The van der Waals surface area contributed by atoms with E-state index in [0.29, 0.717) is 33.7 Å². The highest BCUT2D eigenvalue weighted by Crippen LogP contribution is 2.37. The summed E-state index contributed by atoms with van der Waals surface area (Å²) in [5, 5.41) is 8.26. The first-order chi connectivity index (χ1) is 15.5. The topological polar surface area (TPSA) is 69.0 Å². The minimum atomic E-state index is -0.521. The summed E-state index contributed by atoms with van der Waals surface area (Å²) in [5.41, 5.74) is 2.51. The minimum Gasteiger partial charge on any atom is -0.458 e. The van der Waals surface area contributed by atoms with E-state index in [-0.39, 0.29) is 12.4 Å². The molecular weight excluding hydrogens is 495 g/mol. The number of aromatic nitrogens is 3. The molecule has 1 N–H and O–H groups in total. The van der Waals surface area contributed by atoms with E-state index >= 15 is 0 Å². The van der Waals surface area contributed by atoms with Crippen LogP contribution in [0.2, 0.25) is 0 Å². The molecule has 0 saturated heterocycles. The summed E-state index contributed by atoms with van der Waals surface area (Å²) in [6.45, 7) is 5.52. The van der Waals surface area contributed by atoms with E-state index in [4.69, 9.17) is 4.74 Å². The van der Waals surface area contributed by atoms with Crippen molar-refractivity contribution < 1.29 is 13.9 Å². The lowest BCUT2D eigenvalue weighted by molar-refractivity contribution is -0.138. The third-order valence-electron chi connectivity index (χ3n) is 4.89. The van der Waals surface area contributed by atoms with Crippen LogP contribution < -0.4 is 5.32 Å². The highest BCUT2D eigenvalue weighted by Gasteiger charge is 2.35.